The summed E-state index contributed by atoms with van der Waals surface area (Å²) in [7, 11) is 0. The van der Waals surface area contributed by atoms with Crippen molar-refractivity contribution in [3.63, 3.8) is 0 Å². The summed E-state index contributed by atoms with van der Waals surface area (Å²) < 4.78 is 1.10. The Labute approximate surface area is 136 Å². The summed E-state index contributed by atoms with van der Waals surface area (Å²) in [6, 6.07) is 7.41. The molecule has 1 aromatic carbocycles. The third-order valence-electron chi connectivity index (χ3n) is 3.39. The molecule has 2 heterocycles. The zero-order valence-corrected chi connectivity index (χ0v) is 13.6. The summed E-state index contributed by atoms with van der Waals surface area (Å²) in [4.78, 5) is 22.9. The lowest BCUT2D eigenvalue weighted by Crippen LogP contribution is -2.20. The second kappa shape index (κ2) is 6.38. The highest BCUT2D eigenvalue weighted by Gasteiger charge is 2.14. The van der Waals surface area contributed by atoms with Crippen LogP contribution in [0.1, 0.15) is 23.2 Å². The Morgan fingerprint density at radius 3 is 2.33 bits per heavy atom. The Morgan fingerprint density at radius 2 is 1.71 bits per heavy atom. The highest BCUT2D eigenvalue weighted by atomic mass is 127. The summed E-state index contributed by atoms with van der Waals surface area (Å²) in [6.07, 6.45) is 5.69. The quantitative estimate of drug-likeness (QED) is 0.814. The fraction of sp³-hybridized carbons (Fsp3) is 0.267. The van der Waals surface area contributed by atoms with Crippen LogP contribution in [0.4, 0.5) is 11.6 Å². The van der Waals surface area contributed by atoms with E-state index in [2.05, 4.69) is 42.8 Å². The van der Waals surface area contributed by atoms with E-state index in [0.717, 1.165) is 22.6 Å². The fourth-order valence-electron chi connectivity index (χ4n) is 2.27. The topological polar surface area (TPSA) is 58.1 Å². The number of nitrogens with one attached hydrogen (secondary N) is 1. The summed E-state index contributed by atoms with van der Waals surface area (Å²) in [5.74, 6) is 0.587. The summed E-state index contributed by atoms with van der Waals surface area (Å²) >= 11 is 2.21. The van der Waals surface area contributed by atoms with Crippen LogP contribution in [-0.4, -0.2) is 29.0 Å². The van der Waals surface area contributed by atoms with E-state index in [1.807, 2.05) is 12.1 Å². The zero-order chi connectivity index (χ0) is 14.7. The van der Waals surface area contributed by atoms with E-state index < -0.39 is 0 Å². The van der Waals surface area contributed by atoms with Crippen LogP contribution in [0.2, 0.25) is 0 Å². The lowest BCUT2D eigenvalue weighted by Gasteiger charge is -2.14. The lowest BCUT2D eigenvalue weighted by atomic mass is 10.2. The van der Waals surface area contributed by atoms with Crippen LogP contribution in [0.15, 0.2) is 36.7 Å². The monoisotopic (exact) mass is 394 g/mol. The number of anilines is 2. The standard InChI is InChI=1S/C15H15IN4O/c16-12-5-3-11(4-6-12)14(21)19-13-9-17-15(18-10-13)20-7-1-2-8-20/h3-6,9-10H,1-2,7-8H2,(H,19,21). The first-order valence-corrected chi connectivity index (χ1v) is 7.94. The van der Waals surface area contributed by atoms with Gasteiger partial charge in [0.2, 0.25) is 5.95 Å². The smallest absolute Gasteiger partial charge is 0.255 e. The van der Waals surface area contributed by atoms with E-state index in [1.54, 1.807) is 24.5 Å². The molecular weight excluding hydrogens is 379 g/mol. The average molecular weight is 394 g/mol. The summed E-state index contributed by atoms with van der Waals surface area (Å²) in [5, 5.41) is 2.81. The van der Waals surface area contributed by atoms with E-state index in [-0.39, 0.29) is 5.91 Å². The molecule has 0 aliphatic carbocycles. The molecule has 1 saturated heterocycles. The Kier molecular flexibility index (Phi) is 4.33. The maximum absolute atomic E-state index is 12.1. The minimum absolute atomic E-state index is 0.149. The molecule has 1 aliphatic heterocycles. The SMILES string of the molecule is O=C(Nc1cnc(N2CCCC2)nc1)c1ccc(I)cc1. The third kappa shape index (κ3) is 3.49. The number of hydrogen-bond donors (Lipinski definition) is 1. The number of nitrogens with zero attached hydrogens (tertiary/aromatic N) is 3. The number of benzene rings is 1. The molecule has 21 heavy (non-hydrogen) atoms. The zero-order valence-electron chi connectivity index (χ0n) is 11.4. The third-order valence-corrected chi connectivity index (χ3v) is 4.11. The van der Waals surface area contributed by atoms with Crippen LogP contribution in [0.3, 0.4) is 0 Å². The molecule has 0 radical (unpaired) electrons. The van der Waals surface area contributed by atoms with Crippen molar-refractivity contribution in [2.45, 2.75) is 12.8 Å². The maximum atomic E-state index is 12.1. The largest absolute Gasteiger partial charge is 0.341 e. The minimum atomic E-state index is -0.149. The van der Waals surface area contributed by atoms with Crippen molar-refractivity contribution in [2.75, 3.05) is 23.3 Å². The van der Waals surface area contributed by atoms with E-state index >= 15 is 0 Å². The van der Waals surface area contributed by atoms with Gasteiger partial charge in [0.25, 0.3) is 5.91 Å². The van der Waals surface area contributed by atoms with Gasteiger partial charge in [0.05, 0.1) is 18.1 Å². The summed E-state index contributed by atoms with van der Waals surface area (Å²) in [6.45, 7) is 2.02. The second-order valence-electron chi connectivity index (χ2n) is 4.93. The van der Waals surface area contributed by atoms with Crippen molar-refractivity contribution in [1.29, 1.82) is 0 Å². The Hall–Kier alpha value is -1.70. The van der Waals surface area contributed by atoms with Gasteiger partial charge in [-0.15, -0.1) is 0 Å². The van der Waals surface area contributed by atoms with Gasteiger partial charge in [-0.05, 0) is 59.7 Å². The van der Waals surface area contributed by atoms with Crippen LogP contribution >= 0.6 is 22.6 Å². The minimum Gasteiger partial charge on any atom is -0.341 e. The van der Waals surface area contributed by atoms with Gasteiger partial charge < -0.3 is 10.2 Å². The predicted molar refractivity (Wildman–Crippen MR) is 90.6 cm³/mol. The van der Waals surface area contributed by atoms with Crippen LogP contribution in [0, 0.1) is 3.57 Å². The van der Waals surface area contributed by atoms with Crippen molar-refractivity contribution >= 4 is 40.1 Å². The van der Waals surface area contributed by atoms with E-state index in [4.69, 9.17) is 0 Å². The number of carbonyl (C=O) groups excluding carboxylic acids is 1. The molecule has 6 heteroatoms. The molecule has 1 aromatic heterocycles. The van der Waals surface area contributed by atoms with E-state index in [0.29, 0.717) is 11.3 Å². The van der Waals surface area contributed by atoms with E-state index in [1.165, 1.54) is 12.8 Å². The Bertz CT molecular complexity index is 621. The van der Waals surface area contributed by atoms with Crippen molar-refractivity contribution in [3.8, 4) is 0 Å². The van der Waals surface area contributed by atoms with Crippen LogP contribution < -0.4 is 10.2 Å². The molecule has 108 valence electrons. The number of aromatic nitrogens is 2. The second-order valence-corrected chi connectivity index (χ2v) is 6.17. The molecule has 1 amide bonds. The fourth-order valence-corrected chi connectivity index (χ4v) is 2.63. The maximum Gasteiger partial charge on any atom is 0.255 e. The lowest BCUT2D eigenvalue weighted by molar-refractivity contribution is 0.102. The van der Waals surface area contributed by atoms with Gasteiger partial charge in [-0.2, -0.15) is 0 Å². The molecule has 3 rings (SSSR count). The number of hydrogen-bond acceptors (Lipinski definition) is 4. The summed E-state index contributed by atoms with van der Waals surface area (Å²) in [5.41, 5.74) is 1.24. The highest BCUT2D eigenvalue weighted by molar-refractivity contribution is 14.1. The van der Waals surface area contributed by atoms with Crippen molar-refractivity contribution in [3.05, 3.63) is 45.8 Å². The molecular formula is C15H15IN4O. The van der Waals surface area contributed by atoms with Gasteiger partial charge in [0, 0.05) is 22.2 Å². The van der Waals surface area contributed by atoms with Gasteiger partial charge in [-0.1, -0.05) is 0 Å². The van der Waals surface area contributed by atoms with Crippen LogP contribution in [0.5, 0.6) is 0 Å². The van der Waals surface area contributed by atoms with Gasteiger partial charge in [-0.3, -0.25) is 4.79 Å². The number of carbonyl (C=O) groups is 1. The highest BCUT2D eigenvalue weighted by Crippen LogP contribution is 2.16. The molecule has 0 bridgehead atoms. The van der Waals surface area contributed by atoms with Crippen molar-refractivity contribution in [1.82, 2.24) is 9.97 Å². The first-order valence-electron chi connectivity index (χ1n) is 6.86. The average Bonchev–Trinajstić information content (AvgIpc) is 3.03. The predicted octanol–water partition coefficient (Wildman–Crippen LogP) is 2.93. The van der Waals surface area contributed by atoms with E-state index in [9.17, 15) is 4.79 Å². The first kappa shape index (κ1) is 14.2. The van der Waals surface area contributed by atoms with Gasteiger partial charge >= 0.3 is 0 Å². The van der Waals surface area contributed by atoms with Crippen LogP contribution in [-0.2, 0) is 0 Å². The Morgan fingerprint density at radius 1 is 1.10 bits per heavy atom. The number of amides is 1. The van der Waals surface area contributed by atoms with Crippen molar-refractivity contribution in [2.24, 2.45) is 0 Å². The molecule has 1 N–H and O–H groups in total. The van der Waals surface area contributed by atoms with Crippen molar-refractivity contribution < 1.29 is 4.79 Å². The number of halogens is 1. The molecule has 1 aliphatic rings. The molecule has 0 saturated carbocycles. The molecule has 2 aromatic rings. The number of rotatable bonds is 3. The molecule has 0 atom stereocenters. The molecule has 5 nitrogen and oxygen atoms in total. The van der Waals surface area contributed by atoms with Gasteiger partial charge in [-0.25, -0.2) is 9.97 Å². The molecule has 0 unspecified atom stereocenters. The normalized spacial score (nSPS) is 14.2. The van der Waals surface area contributed by atoms with Crippen LogP contribution in [0.25, 0.3) is 0 Å². The van der Waals surface area contributed by atoms with Gasteiger partial charge in [0.1, 0.15) is 0 Å². The molecule has 0 spiro atoms. The Balaban J connectivity index is 1.67. The first-order chi connectivity index (χ1) is 10.2. The molecule has 1 fully saturated rings. The van der Waals surface area contributed by atoms with Gasteiger partial charge in [0.15, 0.2) is 0 Å².